The quantitative estimate of drug-likeness (QED) is 0.758. The lowest BCUT2D eigenvalue weighted by Crippen LogP contribution is -2.44. The van der Waals surface area contributed by atoms with Crippen LogP contribution in [0.15, 0.2) is 16.5 Å². The molecule has 1 unspecified atom stereocenters. The van der Waals surface area contributed by atoms with Crippen LogP contribution in [0.2, 0.25) is 0 Å². The standard InChI is InChI=1S/C19H30N2O3.C2HF3O2/c1-14(2)21-13-19(11-16(21)12-23-4)7-9-20(10-8-19)18(22)17-6-5-15(3)24-17;3-2(4,5)1(6)7/h5-6,14,16H,7-13H2,1-4H3;(H,6,7). The Morgan fingerprint density at radius 2 is 1.87 bits per heavy atom. The van der Waals surface area contributed by atoms with Crippen LogP contribution in [0.25, 0.3) is 0 Å². The Kier molecular flexibility index (Phi) is 8.15. The van der Waals surface area contributed by atoms with Crippen LogP contribution < -0.4 is 0 Å². The molecule has 0 saturated carbocycles. The fourth-order valence-corrected chi connectivity index (χ4v) is 4.40. The van der Waals surface area contributed by atoms with E-state index in [1.54, 1.807) is 13.2 Å². The molecule has 2 saturated heterocycles. The predicted octanol–water partition coefficient (Wildman–Crippen LogP) is 3.57. The monoisotopic (exact) mass is 448 g/mol. The summed E-state index contributed by atoms with van der Waals surface area (Å²) in [4.78, 5) is 26.0. The fourth-order valence-electron chi connectivity index (χ4n) is 4.40. The van der Waals surface area contributed by atoms with Gasteiger partial charge in [-0.1, -0.05) is 0 Å². The summed E-state index contributed by atoms with van der Waals surface area (Å²) in [6.07, 6.45) is -1.76. The number of likely N-dealkylation sites (tertiary alicyclic amines) is 2. The lowest BCUT2D eigenvalue weighted by molar-refractivity contribution is -0.192. The van der Waals surface area contributed by atoms with Crippen molar-refractivity contribution in [3.8, 4) is 0 Å². The van der Waals surface area contributed by atoms with Crippen molar-refractivity contribution >= 4 is 11.9 Å². The van der Waals surface area contributed by atoms with E-state index in [2.05, 4.69) is 18.7 Å². The van der Waals surface area contributed by atoms with Gasteiger partial charge in [-0.25, -0.2) is 4.79 Å². The van der Waals surface area contributed by atoms with Gasteiger partial charge in [0, 0.05) is 38.8 Å². The van der Waals surface area contributed by atoms with Crippen molar-refractivity contribution in [1.82, 2.24) is 9.80 Å². The van der Waals surface area contributed by atoms with E-state index in [9.17, 15) is 18.0 Å². The molecule has 1 aromatic rings. The predicted molar refractivity (Wildman–Crippen MR) is 107 cm³/mol. The van der Waals surface area contributed by atoms with Crippen molar-refractivity contribution in [1.29, 1.82) is 0 Å². The topological polar surface area (TPSA) is 83.2 Å². The van der Waals surface area contributed by atoms with E-state index in [0.717, 1.165) is 44.8 Å². The van der Waals surface area contributed by atoms with Gasteiger partial charge in [-0.15, -0.1) is 0 Å². The lowest BCUT2D eigenvalue weighted by atomic mass is 9.76. The maximum absolute atomic E-state index is 12.6. The van der Waals surface area contributed by atoms with Gasteiger partial charge < -0.3 is 19.2 Å². The van der Waals surface area contributed by atoms with Gasteiger partial charge in [-0.05, 0) is 57.6 Å². The number of carboxylic acids is 1. The van der Waals surface area contributed by atoms with Crippen molar-refractivity contribution in [2.24, 2.45) is 5.41 Å². The van der Waals surface area contributed by atoms with Crippen molar-refractivity contribution in [3.63, 3.8) is 0 Å². The summed E-state index contributed by atoms with van der Waals surface area (Å²) in [5.41, 5.74) is 0.337. The highest BCUT2D eigenvalue weighted by Gasteiger charge is 2.46. The molecule has 0 aromatic carbocycles. The molecular weight excluding hydrogens is 417 g/mol. The molecule has 1 spiro atoms. The van der Waals surface area contributed by atoms with Crippen LogP contribution in [0.5, 0.6) is 0 Å². The Balaban J connectivity index is 0.000000423. The number of aryl methyl sites for hydroxylation is 1. The average Bonchev–Trinajstić information content (AvgIpc) is 3.26. The summed E-state index contributed by atoms with van der Waals surface area (Å²) >= 11 is 0. The molecule has 7 nitrogen and oxygen atoms in total. The van der Waals surface area contributed by atoms with Gasteiger partial charge in [0.15, 0.2) is 5.76 Å². The first-order valence-corrected chi connectivity index (χ1v) is 10.3. The van der Waals surface area contributed by atoms with Gasteiger partial charge >= 0.3 is 12.1 Å². The number of carbonyl (C=O) groups excluding carboxylic acids is 1. The van der Waals surface area contributed by atoms with Crippen molar-refractivity contribution < 1.29 is 37.0 Å². The molecule has 1 atom stereocenters. The molecule has 31 heavy (non-hydrogen) atoms. The number of aliphatic carboxylic acids is 1. The molecule has 0 bridgehead atoms. The molecule has 2 fully saturated rings. The summed E-state index contributed by atoms with van der Waals surface area (Å²) in [5.74, 6) is -1.47. The molecule has 3 heterocycles. The second-order valence-electron chi connectivity index (χ2n) is 8.58. The van der Waals surface area contributed by atoms with Crippen LogP contribution in [0, 0.1) is 12.3 Å². The average molecular weight is 448 g/mol. The van der Waals surface area contributed by atoms with Gasteiger partial charge in [0.25, 0.3) is 5.91 Å². The fraction of sp³-hybridized carbons (Fsp3) is 0.714. The number of carboxylic acid groups (broad SMARTS) is 1. The van der Waals surface area contributed by atoms with E-state index < -0.39 is 12.1 Å². The Hall–Kier alpha value is -2.07. The van der Waals surface area contributed by atoms with Crippen LogP contribution in [-0.2, 0) is 9.53 Å². The number of furan rings is 1. The van der Waals surface area contributed by atoms with E-state index in [-0.39, 0.29) is 5.91 Å². The Bertz CT molecular complexity index is 754. The van der Waals surface area contributed by atoms with Gasteiger partial charge in [0.1, 0.15) is 5.76 Å². The van der Waals surface area contributed by atoms with Crippen molar-refractivity contribution in [2.45, 2.75) is 58.3 Å². The highest BCUT2D eigenvalue weighted by Crippen LogP contribution is 2.44. The highest BCUT2D eigenvalue weighted by atomic mass is 19.4. The summed E-state index contributed by atoms with van der Waals surface area (Å²) < 4.78 is 42.7. The molecule has 0 radical (unpaired) electrons. The number of rotatable bonds is 4. The Morgan fingerprint density at radius 3 is 2.29 bits per heavy atom. The third-order valence-corrected chi connectivity index (χ3v) is 5.98. The number of ether oxygens (including phenoxy) is 1. The molecule has 176 valence electrons. The Morgan fingerprint density at radius 1 is 1.29 bits per heavy atom. The van der Waals surface area contributed by atoms with E-state index in [0.29, 0.717) is 23.3 Å². The number of nitrogens with zero attached hydrogens (tertiary/aromatic N) is 2. The number of carbonyl (C=O) groups is 2. The molecule has 1 amide bonds. The molecule has 10 heteroatoms. The summed E-state index contributed by atoms with van der Waals surface area (Å²) in [5, 5.41) is 7.12. The number of methoxy groups -OCH3 is 1. The molecule has 1 N–H and O–H groups in total. The summed E-state index contributed by atoms with van der Waals surface area (Å²) in [6.45, 7) is 9.97. The molecule has 2 aliphatic rings. The molecule has 2 aliphatic heterocycles. The van der Waals surface area contributed by atoms with Crippen molar-refractivity contribution in [3.05, 3.63) is 23.7 Å². The van der Waals surface area contributed by atoms with Crippen LogP contribution in [0.4, 0.5) is 13.2 Å². The third kappa shape index (κ3) is 6.46. The van der Waals surface area contributed by atoms with Crippen LogP contribution in [-0.4, -0.2) is 78.4 Å². The third-order valence-electron chi connectivity index (χ3n) is 5.98. The second kappa shape index (κ2) is 10.0. The second-order valence-corrected chi connectivity index (χ2v) is 8.58. The first-order chi connectivity index (χ1) is 14.4. The number of alkyl halides is 3. The van der Waals surface area contributed by atoms with Crippen LogP contribution in [0.3, 0.4) is 0 Å². The molecule has 0 aliphatic carbocycles. The number of amides is 1. The first kappa shape index (κ1) is 25.2. The van der Waals surface area contributed by atoms with E-state index in [1.165, 1.54) is 6.42 Å². The largest absolute Gasteiger partial charge is 0.490 e. The van der Waals surface area contributed by atoms with Gasteiger partial charge in [-0.2, -0.15) is 13.2 Å². The normalized spacial score (nSPS) is 21.3. The van der Waals surface area contributed by atoms with Gasteiger partial charge in [-0.3, -0.25) is 9.69 Å². The minimum absolute atomic E-state index is 0.0325. The Labute approximate surface area is 180 Å². The zero-order valence-electron chi connectivity index (χ0n) is 18.4. The summed E-state index contributed by atoms with van der Waals surface area (Å²) in [6, 6.07) is 4.68. The number of piperidine rings is 1. The highest BCUT2D eigenvalue weighted by molar-refractivity contribution is 5.91. The first-order valence-electron chi connectivity index (χ1n) is 10.3. The zero-order chi connectivity index (χ0) is 23.4. The lowest BCUT2D eigenvalue weighted by Gasteiger charge is -2.39. The van der Waals surface area contributed by atoms with E-state index in [1.807, 2.05) is 17.9 Å². The van der Waals surface area contributed by atoms with Gasteiger partial charge in [0.2, 0.25) is 0 Å². The van der Waals surface area contributed by atoms with Gasteiger partial charge in [0.05, 0.1) is 6.61 Å². The number of hydrogen-bond donors (Lipinski definition) is 1. The maximum Gasteiger partial charge on any atom is 0.490 e. The van der Waals surface area contributed by atoms with Crippen molar-refractivity contribution in [2.75, 3.05) is 33.4 Å². The minimum Gasteiger partial charge on any atom is -0.475 e. The molecule has 3 rings (SSSR count). The smallest absolute Gasteiger partial charge is 0.475 e. The number of halogens is 3. The summed E-state index contributed by atoms with van der Waals surface area (Å²) in [7, 11) is 1.79. The molecular formula is C21H31F3N2O5. The number of hydrogen-bond acceptors (Lipinski definition) is 5. The molecule has 1 aromatic heterocycles. The van der Waals surface area contributed by atoms with Crippen LogP contribution in [0.1, 0.15) is 49.4 Å². The minimum atomic E-state index is -5.08. The zero-order valence-corrected chi connectivity index (χ0v) is 18.4. The maximum atomic E-state index is 12.6. The SMILES string of the molecule is COCC1CC2(CCN(C(=O)c3ccc(C)o3)CC2)CN1C(C)C.O=C(O)C(F)(F)F. The van der Waals surface area contributed by atoms with Crippen LogP contribution >= 0.6 is 0 Å². The van der Waals surface area contributed by atoms with E-state index in [4.69, 9.17) is 19.1 Å². The van der Waals surface area contributed by atoms with E-state index >= 15 is 0 Å².